The molecule has 2 N–H and O–H groups in total. The number of amidine groups is 2. The maximum Gasteiger partial charge on any atom is 0.285 e. The molecule has 21 heteroatoms. The number of ether oxygens (including phenoxy) is 2. The number of para-hydroxylation sites is 2. The van der Waals surface area contributed by atoms with E-state index >= 15 is 0 Å². The van der Waals surface area contributed by atoms with Gasteiger partial charge < -0.3 is 9.47 Å². The van der Waals surface area contributed by atoms with Gasteiger partial charge in [-0.15, -0.1) is 8.80 Å². The van der Waals surface area contributed by atoms with Gasteiger partial charge in [0.15, 0.2) is 20.3 Å². The predicted octanol–water partition coefficient (Wildman–Crippen LogP) is 8.13. The maximum atomic E-state index is 12.9. The van der Waals surface area contributed by atoms with Gasteiger partial charge in [0, 0.05) is 16.7 Å². The van der Waals surface area contributed by atoms with Crippen LogP contribution < -0.4 is 20.3 Å². The molecule has 4 aliphatic heterocycles. The molecular formula is C46H32N6O9S6. The Hall–Kier alpha value is -7.01. The molecule has 6 aromatic carbocycles. The molecule has 0 bridgehead atoms. The molecule has 0 atom stereocenters. The molecule has 0 aliphatic carbocycles. The molecule has 10 rings (SSSR count). The van der Waals surface area contributed by atoms with Crippen LogP contribution in [0.3, 0.4) is 0 Å². The van der Waals surface area contributed by atoms with Gasteiger partial charge in [-0.25, -0.2) is 5.01 Å². The summed E-state index contributed by atoms with van der Waals surface area (Å²) in [7, 11) is -7.50. The van der Waals surface area contributed by atoms with Crippen molar-refractivity contribution in [2.75, 3.05) is 5.75 Å². The number of aldehydes is 1. The molecule has 0 unspecified atom stereocenters. The van der Waals surface area contributed by atoms with E-state index in [2.05, 4.69) is 19.6 Å². The Bertz CT molecular complexity index is 3230. The Balaban J connectivity index is 0.000000151. The Morgan fingerprint density at radius 1 is 0.552 bits per heavy atom. The van der Waals surface area contributed by atoms with Crippen molar-refractivity contribution in [1.82, 2.24) is 20.9 Å². The van der Waals surface area contributed by atoms with Gasteiger partial charge in [-0.1, -0.05) is 109 Å². The number of thioether (sulfide) groups is 2. The number of rotatable bonds is 8. The highest BCUT2D eigenvalue weighted by Crippen LogP contribution is 2.34. The summed E-state index contributed by atoms with van der Waals surface area (Å²) in [4.78, 5) is 35.6. The molecule has 336 valence electrons. The van der Waals surface area contributed by atoms with Gasteiger partial charge in [-0.3, -0.25) is 25.2 Å². The topological polar surface area (TPSA) is 193 Å². The first-order valence-electron chi connectivity index (χ1n) is 19.6. The molecule has 0 spiro atoms. The Morgan fingerprint density at radius 3 is 1.45 bits per heavy atom. The molecule has 15 nitrogen and oxygen atoms in total. The van der Waals surface area contributed by atoms with Crippen molar-refractivity contribution >= 4 is 112 Å². The second-order valence-electron chi connectivity index (χ2n) is 13.9. The summed E-state index contributed by atoms with van der Waals surface area (Å²) in [6, 6.07) is 46.1. The third-order valence-corrected chi connectivity index (χ3v) is 14.7. The number of sulfonamides is 2. The van der Waals surface area contributed by atoms with E-state index in [0.29, 0.717) is 31.7 Å². The van der Waals surface area contributed by atoms with Crippen molar-refractivity contribution < 1.29 is 40.7 Å². The van der Waals surface area contributed by atoms with E-state index in [1.165, 1.54) is 23.9 Å². The number of hydrazine groups is 2. The number of carbonyl (C=O) groups is 3. The van der Waals surface area contributed by atoms with Gasteiger partial charge in [0.05, 0.1) is 10.7 Å². The van der Waals surface area contributed by atoms with Gasteiger partial charge >= 0.3 is 0 Å². The van der Waals surface area contributed by atoms with Crippen LogP contribution in [0.4, 0.5) is 0 Å². The first-order chi connectivity index (χ1) is 32.3. The number of hydrogen-bond donors (Lipinski definition) is 2. The standard InChI is InChI=1S/C23H15N3O4S3.C13H10O2.C10H7N3O3S3/c27-22-19(14-15-10-12-17(13-11-15)30-16-6-2-1-3-7-16)32-23(31)26(22)24-21-18-8-4-5-9-20(18)33(28,29)25-21;14-10-11-6-8-13(9-7-11)15-12-4-2-1-3-5-12;14-8-5-18-10(17)13(8)11-9-6-3-1-2-4-7(6)19(15,16)12-9/h1-14H,(H,24,25);1-10H;1-4H,5H2,(H,11,12)/b19-14-;;. The smallest absolute Gasteiger partial charge is 0.285 e. The summed E-state index contributed by atoms with van der Waals surface area (Å²) in [5.74, 6) is 2.73. The lowest BCUT2D eigenvalue weighted by atomic mass is 10.2. The van der Waals surface area contributed by atoms with E-state index in [9.17, 15) is 31.2 Å². The molecule has 2 saturated heterocycles. The van der Waals surface area contributed by atoms with Gasteiger partial charge in [-0.2, -0.15) is 21.8 Å². The minimum atomic E-state index is -3.81. The van der Waals surface area contributed by atoms with Crippen LogP contribution in [0.15, 0.2) is 181 Å². The van der Waals surface area contributed by atoms with Crippen molar-refractivity contribution in [3.63, 3.8) is 0 Å². The van der Waals surface area contributed by atoms with Crippen molar-refractivity contribution in [3.05, 3.63) is 185 Å². The van der Waals surface area contributed by atoms with E-state index in [1.807, 2.05) is 84.9 Å². The molecule has 0 saturated carbocycles. The average molecular weight is 1010 g/mol. The number of thiocarbonyl (C=S) groups is 2. The summed E-state index contributed by atoms with van der Waals surface area (Å²) in [6.45, 7) is 0. The highest BCUT2D eigenvalue weighted by molar-refractivity contribution is 8.26. The van der Waals surface area contributed by atoms with Gasteiger partial charge in [0.2, 0.25) is 0 Å². The SMILES string of the molecule is O=C1/C(=C/c2ccc(Oc3ccccc3)cc2)SC(=S)N1NC1=NS(=O)(=O)c2ccccc21.O=C1CSC(=S)N1NC1=NS(=O)(=O)c2ccccc21.O=Cc1ccc(Oc2ccccc2)cc1. The molecule has 0 aromatic heterocycles. The Morgan fingerprint density at radius 2 is 0.985 bits per heavy atom. The van der Waals surface area contributed by atoms with Crippen LogP contribution >= 0.6 is 48.0 Å². The van der Waals surface area contributed by atoms with Crippen LogP contribution in [0.1, 0.15) is 27.0 Å². The first-order valence-corrected chi connectivity index (χ1v) is 25.1. The van der Waals surface area contributed by atoms with Crippen molar-refractivity contribution in [2.24, 2.45) is 8.80 Å². The van der Waals surface area contributed by atoms with Crippen LogP contribution in [0.5, 0.6) is 23.0 Å². The third-order valence-electron chi connectivity index (χ3n) is 9.40. The largest absolute Gasteiger partial charge is 0.457 e. The number of amides is 2. The molecule has 6 aromatic rings. The van der Waals surface area contributed by atoms with Crippen LogP contribution in [-0.2, 0) is 29.6 Å². The average Bonchev–Trinajstić information content (AvgIpc) is 3.99. The summed E-state index contributed by atoms with van der Waals surface area (Å²) >= 11 is 12.7. The number of benzene rings is 6. The second kappa shape index (κ2) is 20.2. The molecule has 2 amide bonds. The fourth-order valence-corrected chi connectivity index (χ4v) is 10.8. The summed E-state index contributed by atoms with van der Waals surface area (Å²) in [5.41, 5.74) is 7.73. The third kappa shape index (κ3) is 11.0. The molecule has 67 heavy (non-hydrogen) atoms. The highest BCUT2D eigenvalue weighted by atomic mass is 32.2. The first kappa shape index (κ1) is 46.5. The lowest BCUT2D eigenvalue weighted by molar-refractivity contribution is -0.125. The zero-order chi connectivity index (χ0) is 47.1. The molecule has 4 aliphatic rings. The second-order valence-corrected chi connectivity index (χ2v) is 20.4. The molecular weight excluding hydrogens is 973 g/mol. The van der Waals surface area contributed by atoms with Crippen molar-refractivity contribution in [1.29, 1.82) is 0 Å². The zero-order valence-electron chi connectivity index (χ0n) is 34.3. The minimum Gasteiger partial charge on any atom is -0.457 e. The van der Waals surface area contributed by atoms with Crippen LogP contribution in [0.25, 0.3) is 6.08 Å². The van der Waals surface area contributed by atoms with E-state index in [0.717, 1.165) is 50.9 Å². The van der Waals surface area contributed by atoms with Gasteiger partial charge in [-0.05, 0) is 109 Å². The highest BCUT2D eigenvalue weighted by Gasteiger charge is 2.37. The lowest BCUT2D eigenvalue weighted by Crippen LogP contribution is -2.45. The number of hydrogen-bond acceptors (Lipinski definition) is 15. The summed E-state index contributed by atoms with van der Waals surface area (Å²) < 4.78 is 67.5. The number of nitrogens with one attached hydrogen (secondary N) is 2. The van der Waals surface area contributed by atoms with Crippen LogP contribution in [0, 0.1) is 0 Å². The number of fused-ring (bicyclic) bond motifs is 2. The Labute approximate surface area is 403 Å². The number of carbonyl (C=O) groups excluding carboxylic acids is 3. The normalized spacial score (nSPS) is 16.7. The number of nitrogens with zero attached hydrogens (tertiary/aromatic N) is 4. The van der Waals surface area contributed by atoms with Crippen molar-refractivity contribution in [2.45, 2.75) is 9.79 Å². The summed E-state index contributed by atoms with van der Waals surface area (Å²) in [5, 5.41) is 2.28. The molecule has 0 radical (unpaired) electrons. The zero-order valence-corrected chi connectivity index (χ0v) is 39.2. The quantitative estimate of drug-likeness (QED) is 0.0843. The van der Waals surface area contributed by atoms with E-state index in [4.69, 9.17) is 33.9 Å². The fourth-order valence-electron chi connectivity index (χ4n) is 6.26. The fraction of sp³-hybridized carbons (Fsp3) is 0.0217. The minimum absolute atomic E-state index is 0.0607. The van der Waals surface area contributed by atoms with E-state index in [-0.39, 0.29) is 43.3 Å². The molecule has 4 heterocycles. The van der Waals surface area contributed by atoms with E-state index in [1.54, 1.807) is 66.7 Å². The molecule has 2 fully saturated rings. The monoisotopic (exact) mass is 1000 g/mol. The lowest BCUT2D eigenvalue weighted by Gasteiger charge is -2.16. The van der Waals surface area contributed by atoms with Crippen LogP contribution in [0.2, 0.25) is 0 Å². The maximum absolute atomic E-state index is 12.9. The van der Waals surface area contributed by atoms with Gasteiger partial charge in [0.25, 0.3) is 31.9 Å². The Kier molecular flexibility index (Phi) is 14.1. The van der Waals surface area contributed by atoms with Gasteiger partial charge in [0.1, 0.15) is 39.1 Å². The summed E-state index contributed by atoms with van der Waals surface area (Å²) in [6.07, 6.45) is 2.53. The van der Waals surface area contributed by atoms with Crippen LogP contribution in [-0.4, -0.2) is 71.0 Å². The van der Waals surface area contributed by atoms with Crippen molar-refractivity contribution in [3.8, 4) is 23.0 Å². The van der Waals surface area contributed by atoms with E-state index < -0.39 is 20.0 Å². The predicted molar refractivity (Wildman–Crippen MR) is 265 cm³/mol.